The van der Waals surface area contributed by atoms with Gasteiger partial charge in [0.2, 0.25) is 15.9 Å². The predicted octanol–water partition coefficient (Wildman–Crippen LogP) is 0.613. The lowest BCUT2D eigenvalue weighted by molar-refractivity contribution is -0.135. The van der Waals surface area contributed by atoms with Gasteiger partial charge in [0.15, 0.2) is 0 Å². The maximum atomic E-state index is 12.2. The molecular weight excluding hydrogens is 320 g/mol. The van der Waals surface area contributed by atoms with Crippen LogP contribution in [0.5, 0.6) is 5.75 Å². The summed E-state index contributed by atoms with van der Waals surface area (Å²) in [6.45, 7) is 4.64. The first-order valence-corrected chi connectivity index (χ1v) is 9.09. The van der Waals surface area contributed by atoms with E-state index in [9.17, 15) is 13.2 Å². The van der Waals surface area contributed by atoms with Crippen LogP contribution in [0.1, 0.15) is 13.3 Å². The predicted molar refractivity (Wildman–Crippen MR) is 84.8 cm³/mol. The van der Waals surface area contributed by atoms with Gasteiger partial charge in [-0.3, -0.25) is 4.79 Å². The van der Waals surface area contributed by atoms with Crippen molar-refractivity contribution >= 4 is 15.9 Å². The highest BCUT2D eigenvalue weighted by Crippen LogP contribution is 2.15. The molecule has 1 amide bonds. The standard InChI is InChI=1S/C15H22N2O5S/c1-2-22-13-3-5-14(6-4-13)23(19,20)16-8-7-15(18)17-9-11-21-12-10-17/h3-6,16H,2,7-12H2,1H3. The average molecular weight is 342 g/mol. The van der Waals surface area contributed by atoms with Crippen LogP contribution in [0.2, 0.25) is 0 Å². The number of hydrogen-bond acceptors (Lipinski definition) is 5. The molecule has 0 aromatic heterocycles. The van der Waals surface area contributed by atoms with Gasteiger partial charge in [0.25, 0.3) is 0 Å². The molecule has 128 valence electrons. The van der Waals surface area contributed by atoms with Gasteiger partial charge in [-0.25, -0.2) is 13.1 Å². The summed E-state index contributed by atoms with van der Waals surface area (Å²) in [5, 5.41) is 0. The van der Waals surface area contributed by atoms with Crippen LogP contribution in [-0.4, -0.2) is 58.7 Å². The summed E-state index contributed by atoms with van der Waals surface area (Å²) >= 11 is 0. The molecule has 0 aliphatic carbocycles. The second-order valence-electron chi connectivity index (χ2n) is 5.05. The van der Waals surface area contributed by atoms with E-state index in [0.29, 0.717) is 38.7 Å². The number of ether oxygens (including phenoxy) is 2. The molecule has 1 fully saturated rings. The zero-order chi connectivity index (χ0) is 16.7. The molecule has 0 spiro atoms. The molecule has 2 rings (SSSR count). The third-order valence-electron chi connectivity index (χ3n) is 3.44. The number of sulfonamides is 1. The third-order valence-corrected chi connectivity index (χ3v) is 4.92. The monoisotopic (exact) mass is 342 g/mol. The normalized spacial score (nSPS) is 15.4. The average Bonchev–Trinajstić information content (AvgIpc) is 2.56. The van der Waals surface area contributed by atoms with Gasteiger partial charge in [-0.1, -0.05) is 0 Å². The Morgan fingerprint density at radius 3 is 2.52 bits per heavy atom. The van der Waals surface area contributed by atoms with Crippen LogP contribution in [0, 0.1) is 0 Å². The lowest BCUT2D eigenvalue weighted by atomic mass is 10.3. The highest BCUT2D eigenvalue weighted by Gasteiger charge is 2.18. The number of nitrogens with zero attached hydrogens (tertiary/aromatic N) is 1. The number of rotatable bonds is 7. The van der Waals surface area contributed by atoms with E-state index in [4.69, 9.17) is 9.47 Å². The van der Waals surface area contributed by atoms with Crippen LogP contribution in [-0.2, 0) is 19.6 Å². The highest BCUT2D eigenvalue weighted by atomic mass is 32.2. The molecule has 0 radical (unpaired) electrons. The number of amides is 1. The van der Waals surface area contributed by atoms with Gasteiger partial charge in [0.1, 0.15) is 5.75 Å². The summed E-state index contributed by atoms with van der Waals surface area (Å²) < 4.78 is 37.2. The molecule has 1 aliphatic heterocycles. The van der Waals surface area contributed by atoms with Gasteiger partial charge in [-0.05, 0) is 31.2 Å². The smallest absolute Gasteiger partial charge is 0.240 e. The van der Waals surface area contributed by atoms with Crippen LogP contribution in [0.15, 0.2) is 29.2 Å². The molecular formula is C15H22N2O5S. The van der Waals surface area contributed by atoms with E-state index in [2.05, 4.69) is 4.72 Å². The van der Waals surface area contributed by atoms with Crippen molar-refractivity contribution < 1.29 is 22.7 Å². The molecule has 1 saturated heterocycles. The van der Waals surface area contributed by atoms with Crippen LogP contribution in [0.25, 0.3) is 0 Å². The minimum atomic E-state index is -3.62. The minimum Gasteiger partial charge on any atom is -0.494 e. The van der Waals surface area contributed by atoms with Crippen molar-refractivity contribution in [2.75, 3.05) is 39.5 Å². The fourth-order valence-corrected chi connectivity index (χ4v) is 3.26. The molecule has 0 atom stereocenters. The Labute approximate surface area is 136 Å². The first kappa shape index (κ1) is 17.7. The zero-order valence-electron chi connectivity index (χ0n) is 13.2. The molecule has 23 heavy (non-hydrogen) atoms. The summed E-state index contributed by atoms with van der Waals surface area (Å²) in [6.07, 6.45) is 0.135. The van der Waals surface area contributed by atoms with Gasteiger partial charge in [0.05, 0.1) is 24.7 Å². The Hall–Kier alpha value is -1.64. The van der Waals surface area contributed by atoms with E-state index in [1.165, 1.54) is 12.1 Å². The quantitative estimate of drug-likeness (QED) is 0.785. The second-order valence-corrected chi connectivity index (χ2v) is 6.81. The summed E-state index contributed by atoms with van der Waals surface area (Å²) in [7, 11) is -3.62. The van der Waals surface area contributed by atoms with Gasteiger partial charge < -0.3 is 14.4 Å². The van der Waals surface area contributed by atoms with Crippen molar-refractivity contribution in [1.82, 2.24) is 9.62 Å². The van der Waals surface area contributed by atoms with Crippen LogP contribution < -0.4 is 9.46 Å². The van der Waals surface area contributed by atoms with E-state index < -0.39 is 10.0 Å². The van der Waals surface area contributed by atoms with Gasteiger partial charge in [0, 0.05) is 26.1 Å². The Morgan fingerprint density at radius 1 is 1.26 bits per heavy atom. The van der Waals surface area contributed by atoms with E-state index in [-0.39, 0.29) is 23.8 Å². The second kappa shape index (κ2) is 8.28. The van der Waals surface area contributed by atoms with Crippen LogP contribution in [0.4, 0.5) is 0 Å². The zero-order valence-corrected chi connectivity index (χ0v) is 14.0. The number of nitrogens with one attached hydrogen (secondary N) is 1. The fraction of sp³-hybridized carbons (Fsp3) is 0.533. The Kier molecular flexibility index (Phi) is 6.37. The van der Waals surface area contributed by atoms with E-state index in [1.807, 2.05) is 6.92 Å². The number of morpholine rings is 1. The first-order valence-electron chi connectivity index (χ1n) is 7.61. The maximum Gasteiger partial charge on any atom is 0.240 e. The molecule has 0 unspecified atom stereocenters. The molecule has 0 bridgehead atoms. The first-order chi connectivity index (χ1) is 11.0. The molecule has 7 nitrogen and oxygen atoms in total. The third kappa shape index (κ3) is 5.19. The van der Waals surface area contributed by atoms with Crippen molar-refractivity contribution in [3.63, 3.8) is 0 Å². The molecule has 1 aromatic rings. The maximum absolute atomic E-state index is 12.2. The minimum absolute atomic E-state index is 0.0670. The SMILES string of the molecule is CCOc1ccc(S(=O)(=O)NCCC(=O)N2CCOCC2)cc1. The van der Waals surface area contributed by atoms with Crippen molar-refractivity contribution in [3.05, 3.63) is 24.3 Å². The summed E-state index contributed by atoms with van der Waals surface area (Å²) in [5.41, 5.74) is 0. The van der Waals surface area contributed by atoms with Crippen LogP contribution in [0.3, 0.4) is 0 Å². The summed E-state index contributed by atoms with van der Waals surface area (Å²) in [4.78, 5) is 13.8. The lowest BCUT2D eigenvalue weighted by Gasteiger charge is -2.26. The molecule has 1 aromatic carbocycles. The highest BCUT2D eigenvalue weighted by molar-refractivity contribution is 7.89. The van der Waals surface area contributed by atoms with E-state index >= 15 is 0 Å². The topological polar surface area (TPSA) is 84.9 Å². The van der Waals surface area contributed by atoms with Crippen molar-refractivity contribution in [2.24, 2.45) is 0 Å². The Morgan fingerprint density at radius 2 is 1.91 bits per heavy atom. The van der Waals surface area contributed by atoms with Crippen molar-refractivity contribution in [2.45, 2.75) is 18.2 Å². The number of carbonyl (C=O) groups excluding carboxylic acids is 1. The summed E-state index contributed by atoms with van der Waals surface area (Å²) in [6, 6.07) is 6.18. The van der Waals surface area contributed by atoms with E-state index in [0.717, 1.165) is 0 Å². The van der Waals surface area contributed by atoms with Gasteiger partial charge in [-0.15, -0.1) is 0 Å². The van der Waals surface area contributed by atoms with Crippen molar-refractivity contribution in [3.8, 4) is 5.75 Å². The van der Waals surface area contributed by atoms with E-state index in [1.54, 1.807) is 17.0 Å². The Balaban J connectivity index is 1.84. The number of hydrogen-bond donors (Lipinski definition) is 1. The number of carbonyl (C=O) groups is 1. The Bertz CT molecular complexity index is 609. The number of benzene rings is 1. The molecule has 8 heteroatoms. The molecule has 1 N–H and O–H groups in total. The van der Waals surface area contributed by atoms with Crippen LogP contribution >= 0.6 is 0 Å². The summed E-state index contributed by atoms with van der Waals surface area (Å²) in [5.74, 6) is 0.552. The fourth-order valence-electron chi connectivity index (χ4n) is 2.23. The van der Waals surface area contributed by atoms with Gasteiger partial charge in [-0.2, -0.15) is 0 Å². The lowest BCUT2D eigenvalue weighted by Crippen LogP contribution is -2.42. The van der Waals surface area contributed by atoms with Gasteiger partial charge >= 0.3 is 0 Å². The largest absolute Gasteiger partial charge is 0.494 e. The molecule has 0 saturated carbocycles. The van der Waals surface area contributed by atoms with Crippen molar-refractivity contribution in [1.29, 1.82) is 0 Å². The molecule has 1 aliphatic rings. The molecule has 1 heterocycles.